The van der Waals surface area contributed by atoms with Crippen molar-refractivity contribution < 1.29 is 0 Å². The molecule has 3 heteroatoms. The molecule has 2 N–H and O–H groups in total. The van der Waals surface area contributed by atoms with Crippen LogP contribution in [0.25, 0.3) is 0 Å². The molecule has 68 valence electrons. The van der Waals surface area contributed by atoms with E-state index < -0.39 is 0 Å². The maximum atomic E-state index is 8.53. The average Bonchev–Trinajstić information content (AvgIpc) is 2.05. The maximum absolute atomic E-state index is 8.53. The number of hydrogen-bond acceptors (Lipinski definition) is 3. The summed E-state index contributed by atoms with van der Waals surface area (Å²) in [6.07, 6.45) is 2.93. The third-order valence-electron chi connectivity index (χ3n) is 2.50. The fourth-order valence-electron chi connectivity index (χ4n) is 1.70. The van der Waals surface area contributed by atoms with E-state index in [9.17, 15) is 0 Å². The number of piperidine rings is 1. The fourth-order valence-corrected chi connectivity index (χ4v) is 1.70. The zero-order valence-electron chi connectivity index (χ0n) is 7.66. The van der Waals surface area contributed by atoms with E-state index in [1.54, 1.807) is 0 Å². The summed E-state index contributed by atoms with van der Waals surface area (Å²) in [6.45, 7) is 4.17. The van der Waals surface area contributed by atoms with E-state index in [-0.39, 0.29) is 0 Å². The Morgan fingerprint density at radius 2 is 2.50 bits per heavy atom. The summed E-state index contributed by atoms with van der Waals surface area (Å²) in [4.78, 5) is 2.32. The van der Waals surface area contributed by atoms with Crippen molar-refractivity contribution >= 4 is 0 Å². The van der Waals surface area contributed by atoms with Gasteiger partial charge in [0.1, 0.15) is 0 Å². The van der Waals surface area contributed by atoms with E-state index in [1.807, 2.05) is 0 Å². The second kappa shape index (κ2) is 4.44. The summed E-state index contributed by atoms with van der Waals surface area (Å²) in [6, 6.07) is 2.89. The van der Waals surface area contributed by atoms with Gasteiger partial charge in [0.15, 0.2) is 0 Å². The van der Waals surface area contributed by atoms with Gasteiger partial charge in [-0.15, -0.1) is 0 Å². The molecule has 0 radical (unpaired) electrons. The van der Waals surface area contributed by atoms with Crippen LogP contribution in [0.5, 0.6) is 0 Å². The van der Waals surface area contributed by atoms with Crippen molar-refractivity contribution in [3.63, 3.8) is 0 Å². The van der Waals surface area contributed by atoms with Gasteiger partial charge in [0.2, 0.25) is 0 Å². The van der Waals surface area contributed by atoms with E-state index in [1.165, 1.54) is 6.42 Å². The standard InChI is InChI=1S/C9H17N3/c1-8(4-5-10)12-6-2-3-9(11)7-12/h8-9H,2-4,6-7,11H2,1H3. The Kier molecular flexibility index (Phi) is 3.51. The maximum Gasteiger partial charge on any atom is 0.0638 e. The Hall–Kier alpha value is -0.590. The predicted octanol–water partition coefficient (Wildman–Crippen LogP) is 0.712. The Morgan fingerprint density at radius 1 is 1.75 bits per heavy atom. The number of likely N-dealkylation sites (tertiary alicyclic amines) is 1. The number of nitrogens with zero attached hydrogens (tertiary/aromatic N) is 2. The topological polar surface area (TPSA) is 53.0 Å². The van der Waals surface area contributed by atoms with E-state index >= 15 is 0 Å². The third kappa shape index (κ3) is 2.47. The quantitative estimate of drug-likeness (QED) is 0.659. The molecule has 12 heavy (non-hydrogen) atoms. The van der Waals surface area contributed by atoms with Gasteiger partial charge < -0.3 is 5.73 Å². The molecule has 0 aromatic rings. The van der Waals surface area contributed by atoms with Crippen LogP contribution in [-0.4, -0.2) is 30.1 Å². The number of hydrogen-bond donors (Lipinski definition) is 1. The molecule has 3 nitrogen and oxygen atoms in total. The summed E-state index contributed by atoms with van der Waals surface area (Å²) >= 11 is 0. The average molecular weight is 167 g/mol. The summed E-state index contributed by atoms with van der Waals surface area (Å²) in [7, 11) is 0. The fraction of sp³-hybridized carbons (Fsp3) is 0.889. The Bertz CT molecular complexity index is 173. The number of nitriles is 1. The van der Waals surface area contributed by atoms with Gasteiger partial charge in [0.25, 0.3) is 0 Å². The van der Waals surface area contributed by atoms with Gasteiger partial charge in [-0.05, 0) is 26.3 Å². The SMILES string of the molecule is CC(CC#N)N1CCCC(N)C1. The first kappa shape index (κ1) is 9.50. The molecule has 1 aliphatic heterocycles. The Balaban J connectivity index is 2.35. The largest absolute Gasteiger partial charge is 0.327 e. The number of rotatable bonds is 2. The molecule has 1 fully saturated rings. The van der Waals surface area contributed by atoms with Crippen LogP contribution >= 0.6 is 0 Å². The molecule has 1 rings (SSSR count). The van der Waals surface area contributed by atoms with Crippen molar-refractivity contribution in [2.24, 2.45) is 5.73 Å². The van der Waals surface area contributed by atoms with Crippen LogP contribution in [0.4, 0.5) is 0 Å². The minimum atomic E-state index is 0.319. The summed E-state index contributed by atoms with van der Waals surface area (Å²) in [5.74, 6) is 0. The van der Waals surface area contributed by atoms with Crippen LogP contribution in [0.15, 0.2) is 0 Å². The molecule has 1 heterocycles. The Morgan fingerprint density at radius 3 is 3.08 bits per heavy atom. The molecule has 0 aliphatic carbocycles. The minimum Gasteiger partial charge on any atom is -0.327 e. The van der Waals surface area contributed by atoms with Crippen molar-refractivity contribution in [1.82, 2.24) is 4.90 Å². The minimum absolute atomic E-state index is 0.319. The second-order valence-electron chi connectivity index (χ2n) is 3.61. The van der Waals surface area contributed by atoms with Crippen molar-refractivity contribution in [1.29, 1.82) is 5.26 Å². The Labute approximate surface area is 74.1 Å². The van der Waals surface area contributed by atoms with Crippen molar-refractivity contribution in [3.05, 3.63) is 0 Å². The molecule has 0 spiro atoms. The van der Waals surface area contributed by atoms with E-state index in [2.05, 4.69) is 17.9 Å². The molecule has 2 unspecified atom stereocenters. The smallest absolute Gasteiger partial charge is 0.0638 e. The van der Waals surface area contributed by atoms with Crippen molar-refractivity contribution in [2.45, 2.75) is 38.3 Å². The van der Waals surface area contributed by atoms with Gasteiger partial charge in [0.05, 0.1) is 12.5 Å². The second-order valence-corrected chi connectivity index (χ2v) is 3.61. The molecule has 0 aromatic carbocycles. The molecule has 0 amide bonds. The van der Waals surface area contributed by atoms with Gasteiger partial charge in [-0.3, -0.25) is 4.90 Å². The number of nitrogens with two attached hydrogens (primary N) is 1. The van der Waals surface area contributed by atoms with E-state index in [0.29, 0.717) is 18.5 Å². The third-order valence-corrected chi connectivity index (χ3v) is 2.50. The van der Waals surface area contributed by atoms with Gasteiger partial charge in [-0.2, -0.15) is 5.26 Å². The first-order valence-corrected chi connectivity index (χ1v) is 4.60. The summed E-state index contributed by atoms with van der Waals surface area (Å²) in [5, 5.41) is 8.53. The summed E-state index contributed by atoms with van der Waals surface area (Å²) in [5.41, 5.74) is 5.83. The molecule has 1 saturated heterocycles. The van der Waals surface area contributed by atoms with E-state index in [4.69, 9.17) is 11.0 Å². The zero-order chi connectivity index (χ0) is 8.97. The molecule has 0 aromatic heterocycles. The molecule has 2 atom stereocenters. The highest BCUT2D eigenvalue weighted by Gasteiger charge is 2.20. The van der Waals surface area contributed by atoms with E-state index in [0.717, 1.165) is 19.5 Å². The lowest BCUT2D eigenvalue weighted by molar-refractivity contribution is 0.161. The van der Waals surface area contributed by atoms with Crippen LogP contribution in [0.1, 0.15) is 26.2 Å². The predicted molar refractivity (Wildman–Crippen MR) is 48.5 cm³/mol. The van der Waals surface area contributed by atoms with Crippen molar-refractivity contribution in [3.8, 4) is 6.07 Å². The molecule has 0 saturated carbocycles. The highest BCUT2D eigenvalue weighted by Crippen LogP contribution is 2.12. The summed E-state index contributed by atoms with van der Waals surface area (Å²) < 4.78 is 0. The first-order chi connectivity index (χ1) is 5.74. The van der Waals surface area contributed by atoms with Gasteiger partial charge in [0, 0.05) is 18.6 Å². The highest BCUT2D eigenvalue weighted by molar-refractivity contribution is 4.84. The molecule has 1 aliphatic rings. The van der Waals surface area contributed by atoms with Gasteiger partial charge in [-0.25, -0.2) is 0 Å². The van der Waals surface area contributed by atoms with Crippen LogP contribution < -0.4 is 5.73 Å². The lowest BCUT2D eigenvalue weighted by Gasteiger charge is -2.34. The van der Waals surface area contributed by atoms with Crippen molar-refractivity contribution in [2.75, 3.05) is 13.1 Å². The lowest BCUT2D eigenvalue weighted by atomic mass is 10.0. The molecule has 0 bridgehead atoms. The van der Waals surface area contributed by atoms with Gasteiger partial charge in [-0.1, -0.05) is 0 Å². The van der Waals surface area contributed by atoms with Gasteiger partial charge >= 0.3 is 0 Å². The lowest BCUT2D eigenvalue weighted by Crippen LogP contribution is -2.46. The molecular weight excluding hydrogens is 150 g/mol. The zero-order valence-corrected chi connectivity index (χ0v) is 7.66. The molecular formula is C9H17N3. The highest BCUT2D eigenvalue weighted by atomic mass is 15.2. The van der Waals surface area contributed by atoms with Crippen LogP contribution in [0.3, 0.4) is 0 Å². The van der Waals surface area contributed by atoms with Crippen LogP contribution in [0, 0.1) is 11.3 Å². The normalized spacial score (nSPS) is 27.9. The van der Waals surface area contributed by atoms with Crippen LogP contribution in [-0.2, 0) is 0 Å². The van der Waals surface area contributed by atoms with Crippen LogP contribution in [0.2, 0.25) is 0 Å². The monoisotopic (exact) mass is 167 g/mol. The first-order valence-electron chi connectivity index (χ1n) is 4.60.